The Balaban J connectivity index is 2.95. The number of hydrogen-bond donors (Lipinski definition) is 2. The Hall–Kier alpha value is -1.13. The number of pyridine rings is 1. The summed E-state index contributed by atoms with van der Waals surface area (Å²) in [7, 11) is 1.91. The van der Waals surface area contributed by atoms with E-state index in [9.17, 15) is 5.11 Å². The number of aromatic nitrogens is 1. The van der Waals surface area contributed by atoms with Crippen molar-refractivity contribution in [2.24, 2.45) is 0 Å². The van der Waals surface area contributed by atoms with Crippen molar-refractivity contribution in [3.63, 3.8) is 0 Å². The molecule has 0 aliphatic heterocycles. The summed E-state index contributed by atoms with van der Waals surface area (Å²) in [5, 5.41) is 18.2. The zero-order valence-corrected chi connectivity index (χ0v) is 9.44. The lowest BCUT2D eigenvalue weighted by atomic mass is 10.0. The number of nitrogens with zero attached hydrogens (tertiary/aromatic N) is 2. The molecule has 0 spiro atoms. The molecule has 4 nitrogen and oxygen atoms in total. The van der Waals surface area contributed by atoms with E-state index in [1.54, 1.807) is 6.20 Å². The molecule has 1 aromatic heterocycles. The minimum atomic E-state index is -0.325. The van der Waals surface area contributed by atoms with Crippen molar-refractivity contribution in [2.75, 3.05) is 18.6 Å². The Bertz CT molecular complexity index is 326. The van der Waals surface area contributed by atoms with Gasteiger partial charge in [-0.15, -0.1) is 0 Å². The van der Waals surface area contributed by atoms with Gasteiger partial charge in [0.1, 0.15) is 0 Å². The van der Waals surface area contributed by atoms with Crippen molar-refractivity contribution in [3.05, 3.63) is 24.0 Å². The highest BCUT2D eigenvalue weighted by Gasteiger charge is 2.22. The zero-order valence-electron chi connectivity index (χ0n) is 9.44. The van der Waals surface area contributed by atoms with Gasteiger partial charge in [-0.1, -0.05) is 0 Å². The van der Waals surface area contributed by atoms with Crippen LogP contribution < -0.4 is 4.90 Å². The largest absolute Gasteiger partial charge is 0.394 e. The smallest absolute Gasteiger partial charge is 0.0853 e. The van der Waals surface area contributed by atoms with Crippen molar-refractivity contribution in [1.29, 1.82) is 0 Å². The molecule has 0 amide bonds. The van der Waals surface area contributed by atoms with Gasteiger partial charge < -0.3 is 15.1 Å². The summed E-state index contributed by atoms with van der Waals surface area (Å²) in [6.45, 7) is 3.90. The van der Waals surface area contributed by atoms with Crippen LogP contribution in [0.15, 0.2) is 18.3 Å². The summed E-state index contributed by atoms with van der Waals surface area (Å²) in [5.41, 5.74) is 1.25. The quantitative estimate of drug-likeness (QED) is 0.771. The molecular formula is C11H18N2O2. The molecule has 0 atom stereocenters. The maximum absolute atomic E-state index is 9.25. The molecule has 2 N–H and O–H groups in total. The van der Waals surface area contributed by atoms with Crippen LogP contribution >= 0.6 is 0 Å². The first kappa shape index (κ1) is 11.9. The van der Waals surface area contributed by atoms with Gasteiger partial charge in [0.25, 0.3) is 0 Å². The standard InChI is InChI=1S/C11H18N2O2/c1-11(2,8-15)13(3)10-4-5-12-9(6-10)7-14/h4-6,14-15H,7-8H2,1-3H3. The normalized spacial score (nSPS) is 11.5. The van der Waals surface area contributed by atoms with Gasteiger partial charge in [0, 0.05) is 18.9 Å². The van der Waals surface area contributed by atoms with Gasteiger partial charge in [-0.05, 0) is 26.0 Å². The summed E-state index contributed by atoms with van der Waals surface area (Å²) in [6.07, 6.45) is 1.66. The molecule has 0 aliphatic rings. The van der Waals surface area contributed by atoms with Crippen LogP contribution in [0.4, 0.5) is 5.69 Å². The van der Waals surface area contributed by atoms with E-state index in [0.29, 0.717) is 5.69 Å². The van der Waals surface area contributed by atoms with Gasteiger partial charge in [-0.3, -0.25) is 4.98 Å². The van der Waals surface area contributed by atoms with E-state index in [4.69, 9.17) is 5.11 Å². The topological polar surface area (TPSA) is 56.6 Å². The third-order valence-corrected chi connectivity index (χ3v) is 2.64. The van der Waals surface area contributed by atoms with Crippen LogP contribution in [-0.2, 0) is 6.61 Å². The molecule has 15 heavy (non-hydrogen) atoms. The molecule has 0 radical (unpaired) electrons. The van der Waals surface area contributed by atoms with Gasteiger partial charge in [-0.25, -0.2) is 0 Å². The van der Waals surface area contributed by atoms with Crippen LogP contribution in [0.5, 0.6) is 0 Å². The Labute approximate surface area is 90.2 Å². The molecule has 0 bridgehead atoms. The summed E-state index contributed by atoms with van der Waals surface area (Å²) in [6, 6.07) is 3.67. The first-order valence-corrected chi connectivity index (χ1v) is 4.92. The minimum absolute atomic E-state index is 0.0682. The Morgan fingerprint density at radius 3 is 2.60 bits per heavy atom. The van der Waals surface area contributed by atoms with Gasteiger partial charge in [0.15, 0.2) is 0 Å². The van der Waals surface area contributed by atoms with Gasteiger partial charge in [0.05, 0.1) is 24.4 Å². The van der Waals surface area contributed by atoms with Gasteiger partial charge in [-0.2, -0.15) is 0 Å². The predicted octanol–water partition coefficient (Wildman–Crippen LogP) is 0.781. The fourth-order valence-corrected chi connectivity index (χ4v) is 1.22. The molecule has 1 rings (SSSR count). The third-order valence-electron chi connectivity index (χ3n) is 2.64. The van der Waals surface area contributed by atoms with Crippen LogP contribution in [0.2, 0.25) is 0 Å². The van der Waals surface area contributed by atoms with Gasteiger partial charge >= 0.3 is 0 Å². The second kappa shape index (κ2) is 4.59. The highest BCUT2D eigenvalue weighted by atomic mass is 16.3. The minimum Gasteiger partial charge on any atom is -0.394 e. The summed E-state index contributed by atoms with van der Waals surface area (Å²) in [5.74, 6) is 0. The molecule has 0 aliphatic carbocycles. The average Bonchev–Trinajstić information content (AvgIpc) is 2.28. The van der Waals surface area contributed by atoms with Crippen molar-refractivity contribution in [3.8, 4) is 0 Å². The third kappa shape index (κ3) is 2.67. The van der Waals surface area contributed by atoms with E-state index in [1.165, 1.54) is 0 Å². The molecule has 84 valence electrons. The summed E-state index contributed by atoms with van der Waals surface area (Å²) in [4.78, 5) is 5.98. The van der Waals surface area contributed by atoms with Crippen LogP contribution in [-0.4, -0.2) is 34.4 Å². The molecular weight excluding hydrogens is 192 g/mol. The Kier molecular flexibility index (Phi) is 3.66. The second-order valence-corrected chi connectivity index (χ2v) is 4.19. The molecule has 0 saturated carbocycles. The fraction of sp³-hybridized carbons (Fsp3) is 0.545. The van der Waals surface area contributed by atoms with E-state index in [1.807, 2.05) is 37.9 Å². The lowest BCUT2D eigenvalue weighted by Gasteiger charge is -2.35. The summed E-state index contributed by atoms with van der Waals surface area (Å²) >= 11 is 0. The number of rotatable bonds is 4. The van der Waals surface area contributed by atoms with E-state index in [2.05, 4.69) is 4.98 Å². The van der Waals surface area contributed by atoms with Gasteiger partial charge in [0.2, 0.25) is 0 Å². The maximum atomic E-state index is 9.25. The molecule has 0 aromatic carbocycles. The molecule has 1 heterocycles. The average molecular weight is 210 g/mol. The second-order valence-electron chi connectivity index (χ2n) is 4.19. The van der Waals surface area contributed by atoms with Crippen LogP contribution in [0, 0.1) is 0 Å². The molecule has 0 saturated heterocycles. The molecule has 1 aromatic rings. The van der Waals surface area contributed by atoms with E-state index in [0.717, 1.165) is 5.69 Å². The first-order valence-electron chi connectivity index (χ1n) is 4.92. The number of likely N-dealkylation sites (N-methyl/N-ethyl adjacent to an activating group) is 1. The van der Waals surface area contributed by atoms with Crippen molar-refractivity contribution < 1.29 is 10.2 Å². The first-order chi connectivity index (χ1) is 7.01. The maximum Gasteiger partial charge on any atom is 0.0853 e. The van der Waals surface area contributed by atoms with Crippen molar-refractivity contribution in [2.45, 2.75) is 26.0 Å². The monoisotopic (exact) mass is 210 g/mol. The fourth-order valence-electron chi connectivity index (χ4n) is 1.22. The number of aliphatic hydroxyl groups excluding tert-OH is 2. The highest BCUT2D eigenvalue weighted by molar-refractivity contribution is 5.48. The van der Waals surface area contributed by atoms with Crippen molar-refractivity contribution >= 4 is 5.69 Å². The molecule has 0 fully saturated rings. The number of hydrogen-bond acceptors (Lipinski definition) is 4. The SMILES string of the molecule is CN(c1ccnc(CO)c1)C(C)(C)CO. The number of aliphatic hydroxyl groups is 2. The van der Waals surface area contributed by atoms with E-state index in [-0.39, 0.29) is 18.8 Å². The van der Waals surface area contributed by atoms with Crippen LogP contribution in [0.1, 0.15) is 19.5 Å². The lowest BCUT2D eigenvalue weighted by molar-refractivity contribution is 0.216. The van der Waals surface area contributed by atoms with Crippen LogP contribution in [0.25, 0.3) is 0 Å². The zero-order chi connectivity index (χ0) is 11.5. The van der Waals surface area contributed by atoms with Crippen molar-refractivity contribution in [1.82, 2.24) is 4.98 Å². The lowest BCUT2D eigenvalue weighted by Crippen LogP contribution is -2.44. The Morgan fingerprint density at radius 2 is 2.07 bits per heavy atom. The molecule has 0 unspecified atom stereocenters. The number of anilines is 1. The molecule has 4 heteroatoms. The highest BCUT2D eigenvalue weighted by Crippen LogP contribution is 2.21. The predicted molar refractivity (Wildman–Crippen MR) is 59.7 cm³/mol. The van der Waals surface area contributed by atoms with Crippen LogP contribution in [0.3, 0.4) is 0 Å². The Morgan fingerprint density at radius 1 is 1.40 bits per heavy atom. The van der Waals surface area contributed by atoms with E-state index >= 15 is 0 Å². The van der Waals surface area contributed by atoms with E-state index < -0.39 is 0 Å². The summed E-state index contributed by atoms with van der Waals surface area (Å²) < 4.78 is 0.